The van der Waals surface area contributed by atoms with E-state index in [-0.39, 0.29) is 42.3 Å². The normalized spacial score (nSPS) is 12.6. The van der Waals surface area contributed by atoms with Crippen molar-refractivity contribution in [3.05, 3.63) is 36.4 Å². The second-order valence-corrected chi connectivity index (χ2v) is 7.31. The first-order chi connectivity index (χ1) is 15.2. The van der Waals surface area contributed by atoms with Gasteiger partial charge in [0.05, 0.1) is 44.5 Å². The molecule has 6 N–H and O–H groups in total. The Morgan fingerprint density at radius 1 is 1.19 bits per heavy atom. The van der Waals surface area contributed by atoms with Crippen molar-refractivity contribution >= 4 is 23.5 Å². The van der Waals surface area contributed by atoms with Gasteiger partial charge in [-0.25, -0.2) is 0 Å². The van der Waals surface area contributed by atoms with E-state index in [4.69, 9.17) is 20.3 Å². The van der Waals surface area contributed by atoms with Crippen LogP contribution in [-0.2, 0) is 30.3 Å². The van der Waals surface area contributed by atoms with Crippen LogP contribution in [0, 0.1) is 5.92 Å². The fourth-order valence-electron chi connectivity index (χ4n) is 2.77. The number of nitrogens with two attached hydrogens (primary N) is 1. The number of phenolic OH excluding ortho intramolecular Hbond substituents is 1. The molecule has 10 heteroatoms. The van der Waals surface area contributed by atoms with Gasteiger partial charge in [-0.05, 0) is 36.6 Å². The second kappa shape index (κ2) is 15.0. The third-order valence-electron chi connectivity index (χ3n) is 4.49. The molecule has 0 spiro atoms. The fourth-order valence-corrected chi connectivity index (χ4v) is 2.77. The van der Waals surface area contributed by atoms with Crippen LogP contribution in [0.2, 0.25) is 0 Å². The van der Waals surface area contributed by atoms with Crippen LogP contribution < -0.4 is 16.4 Å². The Balaban J connectivity index is 2.31. The van der Waals surface area contributed by atoms with Crippen molar-refractivity contribution < 1.29 is 34.1 Å². The molecule has 10 nitrogen and oxygen atoms in total. The van der Waals surface area contributed by atoms with E-state index < -0.39 is 11.9 Å². The molecule has 0 aliphatic heterocycles. The average Bonchev–Trinajstić information content (AvgIpc) is 2.74. The highest BCUT2D eigenvalue weighted by Gasteiger charge is 2.16. The predicted octanol–water partition coefficient (Wildman–Crippen LogP) is 1.04. The van der Waals surface area contributed by atoms with Gasteiger partial charge in [0.2, 0.25) is 11.8 Å². The summed E-state index contributed by atoms with van der Waals surface area (Å²) in [5.41, 5.74) is 7.06. The number of hydrogen-bond donors (Lipinski definition) is 5. The minimum atomic E-state index is -0.898. The lowest BCUT2D eigenvalue weighted by atomic mass is 9.96. The molecule has 32 heavy (non-hydrogen) atoms. The molecule has 1 rings (SSSR count). The van der Waals surface area contributed by atoms with Crippen LogP contribution in [0.4, 0.5) is 5.69 Å². The molecule has 0 heterocycles. The Kier molecular flexibility index (Phi) is 12.7. The summed E-state index contributed by atoms with van der Waals surface area (Å²) in [6.45, 7) is 6.47. The number of phenols is 1. The van der Waals surface area contributed by atoms with Crippen LogP contribution in [0.25, 0.3) is 0 Å². The molecule has 0 aliphatic carbocycles. The molecule has 0 bridgehead atoms. The number of aromatic hydroxyl groups is 1. The van der Waals surface area contributed by atoms with Crippen molar-refractivity contribution in [1.82, 2.24) is 5.32 Å². The van der Waals surface area contributed by atoms with Gasteiger partial charge in [-0.3, -0.25) is 14.4 Å². The Labute approximate surface area is 187 Å². The minimum absolute atomic E-state index is 0.0764. The molecule has 0 fully saturated rings. The lowest BCUT2D eigenvalue weighted by Crippen LogP contribution is -2.28. The SMILES string of the molecule is C=CC(=O)NCCOCCOCCC(=O)Nc1cc(C[C@H](N)CC(C)C(=O)O)ccc1O. The smallest absolute Gasteiger partial charge is 0.306 e. The van der Waals surface area contributed by atoms with E-state index in [1.54, 1.807) is 19.1 Å². The molecule has 0 aromatic heterocycles. The quantitative estimate of drug-likeness (QED) is 0.142. The zero-order valence-electron chi connectivity index (χ0n) is 18.3. The molecular weight excluding hydrogens is 418 g/mol. The average molecular weight is 452 g/mol. The van der Waals surface area contributed by atoms with Crippen LogP contribution in [0.3, 0.4) is 0 Å². The third-order valence-corrected chi connectivity index (χ3v) is 4.49. The number of hydrogen-bond acceptors (Lipinski definition) is 7. The lowest BCUT2D eigenvalue weighted by Gasteiger charge is -2.15. The second-order valence-electron chi connectivity index (χ2n) is 7.31. The summed E-state index contributed by atoms with van der Waals surface area (Å²) in [5, 5.41) is 24.2. The number of carboxylic acids is 1. The number of carbonyl (C=O) groups excluding carboxylic acids is 2. The summed E-state index contributed by atoms with van der Waals surface area (Å²) in [7, 11) is 0. The van der Waals surface area contributed by atoms with E-state index in [1.165, 1.54) is 12.1 Å². The number of ether oxygens (including phenoxy) is 2. The van der Waals surface area contributed by atoms with E-state index in [2.05, 4.69) is 17.2 Å². The third kappa shape index (κ3) is 11.4. The highest BCUT2D eigenvalue weighted by molar-refractivity contribution is 5.92. The largest absolute Gasteiger partial charge is 0.506 e. The number of carbonyl (C=O) groups is 3. The maximum absolute atomic E-state index is 12.1. The van der Waals surface area contributed by atoms with Gasteiger partial charge in [0.25, 0.3) is 0 Å². The number of rotatable bonds is 16. The van der Waals surface area contributed by atoms with E-state index in [9.17, 15) is 19.5 Å². The van der Waals surface area contributed by atoms with Gasteiger partial charge in [0, 0.05) is 12.6 Å². The van der Waals surface area contributed by atoms with E-state index in [1.807, 2.05) is 0 Å². The zero-order chi connectivity index (χ0) is 23.9. The Morgan fingerprint density at radius 2 is 1.88 bits per heavy atom. The lowest BCUT2D eigenvalue weighted by molar-refractivity contribution is -0.141. The first-order valence-corrected chi connectivity index (χ1v) is 10.4. The molecule has 0 radical (unpaired) electrons. The minimum Gasteiger partial charge on any atom is -0.506 e. The van der Waals surface area contributed by atoms with Crippen molar-refractivity contribution in [3.63, 3.8) is 0 Å². The summed E-state index contributed by atoms with van der Waals surface area (Å²) >= 11 is 0. The van der Waals surface area contributed by atoms with Crippen LogP contribution in [0.15, 0.2) is 30.9 Å². The number of nitrogens with one attached hydrogen (secondary N) is 2. The molecule has 1 aromatic carbocycles. The van der Waals surface area contributed by atoms with Gasteiger partial charge in [-0.1, -0.05) is 19.6 Å². The fraction of sp³-hybridized carbons (Fsp3) is 0.500. The zero-order valence-corrected chi connectivity index (χ0v) is 18.3. The van der Waals surface area contributed by atoms with Gasteiger partial charge >= 0.3 is 5.97 Å². The molecule has 1 aromatic rings. The van der Waals surface area contributed by atoms with Crippen molar-refractivity contribution in [2.75, 3.05) is 38.3 Å². The maximum Gasteiger partial charge on any atom is 0.306 e. The Bertz CT molecular complexity index is 770. The number of amides is 2. The van der Waals surface area contributed by atoms with Crippen molar-refractivity contribution in [2.24, 2.45) is 11.7 Å². The van der Waals surface area contributed by atoms with E-state index in [0.717, 1.165) is 5.56 Å². The van der Waals surface area contributed by atoms with E-state index >= 15 is 0 Å². The predicted molar refractivity (Wildman–Crippen MR) is 119 cm³/mol. The Morgan fingerprint density at radius 3 is 2.53 bits per heavy atom. The van der Waals surface area contributed by atoms with Gasteiger partial charge < -0.3 is 36.1 Å². The summed E-state index contributed by atoms with van der Waals surface area (Å²) in [6, 6.07) is 4.41. The summed E-state index contributed by atoms with van der Waals surface area (Å²) in [6.07, 6.45) is 2.01. The molecule has 0 saturated carbocycles. The van der Waals surface area contributed by atoms with Crippen LogP contribution in [0.5, 0.6) is 5.75 Å². The first-order valence-electron chi connectivity index (χ1n) is 10.4. The number of aliphatic carboxylic acids is 1. The Hall–Kier alpha value is -2.95. The first kappa shape index (κ1) is 27.1. The topological polar surface area (TPSA) is 160 Å². The summed E-state index contributed by atoms with van der Waals surface area (Å²) in [4.78, 5) is 34.0. The molecule has 0 aliphatic rings. The molecule has 2 atom stereocenters. The molecule has 2 amide bonds. The van der Waals surface area contributed by atoms with Crippen molar-refractivity contribution in [3.8, 4) is 5.75 Å². The monoisotopic (exact) mass is 451 g/mol. The molecular formula is C22H33N3O7. The van der Waals surface area contributed by atoms with Crippen molar-refractivity contribution in [2.45, 2.75) is 32.2 Å². The highest BCUT2D eigenvalue weighted by atomic mass is 16.5. The maximum atomic E-state index is 12.1. The van der Waals surface area contributed by atoms with Crippen molar-refractivity contribution in [1.29, 1.82) is 0 Å². The van der Waals surface area contributed by atoms with Crippen LogP contribution in [0.1, 0.15) is 25.3 Å². The number of benzene rings is 1. The van der Waals surface area contributed by atoms with Gasteiger partial charge in [-0.15, -0.1) is 0 Å². The number of anilines is 1. The summed E-state index contributed by atoms with van der Waals surface area (Å²) in [5.74, 6) is -2.11. The van der Waals surface area contributed by atoms with E-state index in [0.29, 0.717) is 39.2 Å². The molecule has 0 saturated heterocycles. The standard InChI is InChI=1S/C22H33N3O7/c1-3-20(27)24-7-9-32-11-10-31-8-6-21(28)25-18-14-16(4-5-19(18)26)13-17(23)12-15(2)22(29)30/h3-5,14-15,17,26H,1,6-13,23H2,2H3,(H,24,27)(H,25,28)(H,29,30)/t15?,17-/m1/s1. The summed E-state index contributed by atoms with van der Waals surface area (Å²) < 4.78 is 10.6. The van der Waals surface area contributed by atoms with Gasteiger partial charge in [0.15, 0.2) is 0 Å². The molecule has 1 unspecified atom stereocenters. The molecule has 178 valence electrons. The van der Waals surface area contributed by atoms with Crippen LogP contribution >= 0.6 is 0 Å². The van der Waals surface area contributed by atoms with Gasteiger partial charge in [-0.2, -0.15) is 0 Å². The van der Waals surface area contributed by atoms with Crippen LogP contribution in [-0.4, -0.2) is 67.0 Å². The number of carboxylic acid groups (broad SMARTS) is 1. The highest BCUT2D eigenvalue weighted by Crippen LogP contribution is 2.25. The van der Waals surface area contributed by atoms with Gasteiger partial charge in [0.1, 0.15) is 5.75 Å².